The van der Waals surface area contributed by atoms with Crippen molar-refractivity contribution in [3.8, 4) is 5.75 Å². The normalized spacial score (nSPS) is 12.7. The van der Waals surface area contributed by atoms with Gasteiger partial charge in [0.25, 0.3) is 5.91 Å². The highest BCUT2D eigenvalue weighted by molar-refractivity contribution is 5.99. The van der Waals surface area contributed by atoms with Crippen LogP contribution in [0, 0.1) is 11.8 Å². The number of carbonyl (C=O) groups excluding carboxylic acids is 2. The Morgan fingerprint density at radius 1 is 1.03 bits per heavy atom. The summed E-state index contributed by atoms with van der Waals surface area (Å²) in [7, 11) is 1.33. The largest absolute Gasteiger partial charge is 0.490 e. The van der Waals surface area contributed by atoms with Crippen LogP contribution >= 0.6 is 0 Å². The number of hydrogen-bond donors (Lipinski definition) is 1. The fraction of sp³-hybridized carbons (Fsp3) is 0.680. The van der Waals surface area contributed by atoms with Crippen LogP contribution in [0.4, 0.5) is 5.69 Å². The minimum absolute atomic E-state index is 0.0453. The van der Waals surface area contributed by atoms with Crippen molar-refractivity contribution >= 4 is 17.6 Å². The number of ether oxygens (including phenoxy) is 3. The van der Waals surface area contributed by atoms with Crippen molar-refractivity contribution in [2.75, 3.05) is 19.0 Å². The molecule has 0 saturated heterocycles. The number of esters is 1. The summed E-state index contributed by atoms with van der Waals surface area (Å²) in [6.07, 6.45) is 2.84. The Morgan fingerprint density at radius 3 is 2.13 bits per heavy atom. The molecular formula is C25H41NO5. The highest BCUT2D eigenvalue weighted by atomic mass is 16.5. The topological polar surface area (TPSA) is 73.9 Å². The van der Waals surface area contributed by atoms with E-state index in [4.69, 9.17) is 14.2 Å². The number of methoxy groups -OCH3 is 1. The monoisotopic (exact) mass is 435 g/mol. The number of anilines is 1. The lowest BCUT2D eigenvalue weighted by Gasteiger charge is -2.35. The summed E-state index contributed by atoms with van der Waals surface area (Å²) >= 11 is 0. The van der Waals surface area contributed by atoms with Gasteiger partial charge >= 0.3 is 5.97 Å². The fourth-order valence-corrected chi connectivity index (χ4v) is 3.59. The summed E-state index contributed by atoms with van der Waals surface area (Å²) in [5, 5.41) is 2.99. The molecule has 176 valence electrons. The van der Waals surface area contributed by atoms with Gasteiger partial charge in [0, 0.05) is 12.3 Å². The van der Waals surface area contributed by atoms with Crippen LogP contribution in [0.2, 0.25) is 0 Å². The number of amides is 1. The molecule has 1 aromatic carbocycles. The Kier molecular flexibility index (Phi) is 11.0. The van der Waals surface area contributed by atoms with Gasteiger partial charge in [-0.1, -0.05) is 41.5 Å². The Bertz CT molecular complexity index is 704. The SMILES string of the molecule is CCCOC(CC(C)C)(CC(C)C)C(=O)Nc1ccc(O[C@H](C)CC)c(C(=O)OC)c1. The van der Waals surface area contributed by atoms with Crippen LogP contribution in [0.25, 0.3) is 0 Å². The maximum Gasteiger partial charge on any atom is 0.341 e. The molecule has 0 heterocycles. The Hall–Kier alpha value is -2.08. The Morgan fingerprint density at radius 2 is 1.65 bits per heavy atom. The van der Waals surface area contributed by atoms with Crippen molar-refractivity contribution in [3.05, 3.63) is 23.8 Å². The van der Waals surface area contributed by atoms with E-state index in [9.17, 15) is 9.59 Å². The standard InChI is InChI=1S/C25H41NO5/c1-9-13-30-25(15-17(3)4,16-18(5)6)24(28)26-20-11-12-22(31-19(7)10-2)21(14-20)23(27)29-8/h11-12,14,17-19H,9-10,13,15-16H2,1-8H3,(H,26,28)/t19-/m1/s1. The second-order valence-corrected chi connectivity index (χ2v) is 9.03. The summed E-state index contributed by atoms with van der Waals surface area (Å²) < 4.78 is 17.0. The van der Waals surface area contributed by atoms with Crippen LogP contribution in [0.1, 0.15) is 84.5 Å². The third-order valence-electron chi connectivity index (χ3n) is 5.02. The first-order chi connectivity index (χ1) is 14.6. The van der Waals surface area contributed by atoms with Gasteiger partial charge in [0.05, 0.1) is 13.2 Å². The van der Waals surface area contributed by atoms with E-state index in [1.54, 1.807) is 18.2 Å². The van der Waals surface area contributed by atoms with Gasteiger partial charge in [-0.05, 0) is 62.6 Å². The van der Waals surface area contributed by atoms with Crippen molar-refractivity contribution < 1.29 is 23.8 Å². The van der Waals surface area contributed by atoms with Crippen molar-refractivity contribution in [2.45, 2.75) is 85.9 Å². The Labute approximate surface area is 188 Å². The van der Waals surface area contributed by atoms with E-state index in [1.807, 2.05) is 20.8 Å². The molecule has 0 radical (unpaired) electrons. The molecule has 0 aromatic heterocycles. The number of rotatable bonds is 13. The number of hydrogen-bond acceptors (Lipinski definition) is 5. The average Bonchev–Trinajstić information content (AvgIpc) is 2.71. The van der Waals surface area contributed by atoms with E-state index in [-0.39, 0.29) is 17.6 Å². The minimum Gasteiger partial charge on any atom is -0.490 e. The maximum atomic E-state index is 13.5. The van der Waals surface area contributed by atoms with Gasteiger partial charge in [-0.3, -0.25) is 4.79 Å². The minimum atomic E-state index is -0.921. The van der Waals surface area contributed by atoms with Crippen LogP contribution in [-0.2, 0) is 14.3 Å². The first-order valence-corrected chi connectivity index (χ1v) is 11.4. The van der Waals surface area contributed by atoms with Gasteiger partial charge in [0.1, 0.15) is 16.9 Å². The molecule has 0 spiro atoms. The van der Waals surface area contributed by atoms with Crippen LogP contribution in [0.5, 0.6) is 5.75 Å². The van der Waals surface area contributed by atoms with Gasteiger partial charge in [0.15, 0.2) is 0 Å². The number of benzene rings is 1. The summed E-state index contributed by atoms with van der Waals surface area (Å²) in [5.41, 5.74) is -0.123. The third-order valence-corrected chi connectivity index (χ3v) is 5.02. The number of nitrogens with one attached hydrogen (secondary N) is 1. The molecular weight excluding hydrogens is 394 g/mol. The fourth-order valence-electron chi connectivity index (χ4n) is 3.59. The molecule has 1 N–H and O–H groups in total. The van der Waals surface area contributed by atoms with E-state index < -0.39 is 11.6 Å². The van der Waals surface area contributed by atoms with Gasteiger partial charge in [0.2, 0.25) is 0 Å². The molecule has 1 atom stereocenters. The zero-order valence-corrected chi connectivity index (χ0v) is 20.5. The quantitative estimate of drug-likeness (QED) is 0.394. The second kappa shape index (κ2) is 12.7. The lowest BCUT2D eigenvalue weighted by Crippen LogP contribution is -2.48. The molecule has 1 aromatic rings. The molecule has 0 aliphatic rings. The van der Waals surface area contributed by atoms with E-state index in [0.29, 0.717) is 42.7 Å². The zero-order chi connectivity index (χ0) is 23.6. The predicted molar refractivity (Wildman–Crippen MR) is 125 cm³/mol. The molecule has 0 fully saturated rings. The lowest BCUT2D eigenvalue weighted by atomic mass is 9.83. The number of carbonyl (C=O) groups is 2. The highest BCUT2D eigenvalue weighted by Gasteiger charge is 2.40. The predicted octanol–water partition coefficient (Wildman–Crippen LogP) is 5.85. The van der Waals surface area contributed by atoms with Crippen LogP contribution in [0.3, 0.4) is 0 Å². The summed E-state index contributed by atoms with van der Waals surface area (Å²) in [4.78, 5) is 25.8. The van der Waals surface area contributed by atoms with E-state index >= 15 is 0 Å². The first kappa shape index (κ1) is 27.0. The van der Waals surface area contributed by atoms with Crippen molar-refractivity contribution in [2.24, 2.45) is 11.8 Å². The molecule has 0 aliphatic heterocycles. The smallest absolute Gasteiger partial charge is 0.341 e. The van der Waals surface area contributed by atoms with E-state index in [2.05, 4.69) is 33.0 Å². The lowest BCUT2D eigenvalue weighted by molar-refractivity contribution is -0.147. The molecule has 0 bridgehead atoms. The van der Waals surface area contributed by atoms with E-state index in [0.717, 1.165) is 12.8 Å². The molecule has 0 saturated carbocycles. The molecule has 31 heavy (non-hydrogen) atoms. The first-order valence-electron chi connectivity index (χ1n) is 11.4. The van der Waals surface area contributed by atoms with Gasteiger partial charge < -0.3 is 19.5 Å². The van der Waals surface area contributed by atoms with Crippen molar-refractivity contribution in [1.29, 1.82) is 0 Å². The molecule has 6 heteroatoms. The molecule has 0 unspecified atom stereocenters. The highest BCUT2D eigenvalue weighted by Crippen LogP contribution is 2.32. The second-order valence-electron chi connectivity index (χ2n) is 9.03. The van der Waals surface area contributed by atoms with Crippen LogP contribution < -0.4 is 10.1 Å². The molecule has 0 aliphatic carbocycles. The molecule has 6 nitrogen and oxygen atoms in total. The third kappa shape index (κ3) is 8.17. The van der Waals surface area contributed by atoms with Gasteiger partial charge in [-0.2, -0.15) is 0 Å². The van der Waals surface area contributed by atoms with Gasteiger partial charge in [-0.15, -0.1) is 0 Å². The van der Waals surface area contributed by atoms with Crippen LogP contribution in [-0.4, -0.2) is 37.3 Å². The Balaban J connectivity index is 3.27. The van der Waals surface area contributed by atoms with E-state index in [1.165, 1.54) is 7.11 Å². The van der Waals surface area contributed by atoms with Gasteiger partial charge in [-0.25, -0.2) is 4.79 Å². The average molecular weight is 436 g/mol. The maximum absolute atomic E-state index is 13.5. The van der Waals surface area contributed by atoms with Crippen molar-refractivity contribution in [1.82, 2.24) is 0 Å². The zero-order valence-electron chi connectivity index (χ0n) is 20.5. The van der Waals surface area contributed by atoms with Crippen molar-refractivity contribution in [3.63, 3.8) is 0 Å². The summed E-state index contributed by atoms with van der Waals surface area (Å²) in [6, 6.07) is 5.06. The van der Waals surface area contributed by atoms with Crippen LogP contribution in [0.15, 0.2) is 18.2 Å². The summed E-state index contributed by atoms with van der Waals surface area (Å²) in [5.74, 6) is 0.329. The molecule has 1 rings (SSSR count). The molecule has 1 amide bonds. The summed E-state index contributed by atoms with van der Waals surface area (Å²) in [6.45, 7) is 14.9.